The van der Waals surface area contributed by atoms with E-state index in [2.05, 4.69) is 20.7 Å². The zero-order valence-electron chi connectivity index (χ0n) is 15.7. The van der Waals surface area contributed by atoms with Gasteiger partial charge in [-0.2, -0.15) is 5.10 Å². The molecule has 3 rings (SSSR count). The van der Waals surface area contributed by atoms with Crippen molar-refractivity contribution in [3.8, 4) is 5.75 Å². The van der Waals surface area contributed by atoms with E-state index in [4.69, 9.17) is 26.8 Å². The van der Waals surface area contributed by atoms with Crippen molar-refractivity contribution in [2.24, 2.45) is 10.8 Å². The molecular formula is C18H24ClN5O4. The molecule has 2 heterocycles. The third kappa shape index (κ3) is 4.92. The Morgan fingerprint density at radius 1 is 1.43 bits per heavy atom. The number of hydrazone groups is 1. The van der Waals surface area contributed by atoms with Crippen LogP contribution in [0.4, 0.5) is 4.79 Å². The van der Waals surface area contributed by atoms with Crippen LogP contribution in [0.5, 0.6) is 5.75 Å². The Bertz CT molecular complexity index is 779. The van der Waals surface area contributed by atoms with Gasteiger partial charge in [0.2, 0.25) is 0 Å². The number of ether oxygens (including phenoxy) is 2. The van der Waals surface area contributed by atoms with Gasteiger partial charge in [-0.25, -0.2) is 10.2 Å². The lowest BCUT2D eigenvalue weighted by Crippen LogP contribution is -2.48. The molecule has 0 aromatic heterocycles. The molecule has 0 aliphatic carbocycles. The summed E-state index contributed by atoms with van der Waals surface area (Å²) in [6, 6.07) is 3.02. The molecule has 2 aliphatic rings. The predicted molar refractivity (Wildman–Crippen MR) is 105 cm³/mol. The van der Waals surface area contributed by atoms with E-state index in [1.54, 1.807) is 6.92 Å². The summed E-state index contributed by atoms with van der Waals surface area (Å²) >= 11 is 6.63. The maximum Gasteiger partial charge on any atom is 0.335 e. The van der Waals surface area contributed by atoms with Crippen LogP contribution in [0.15, 0.2) is 17.2 Å². The lowest BCUT2D eigenvalue weighted by molar-refractivity contribution is -0.119. The molecule has 0 saturated carbocycles. The first-order chi connectivity index (χ1) is 13.5. The number of hydrogen-bond acceptors (Lipinski definition) is 6. The number of nitrogens with zero attached hydrogens (tertiary/aromatic N) is 2. The second-order valence-corrected chi connectivity index (χ2v) is 7.06. The summed E-state index contributed by atoms with van der Waals surface area (Å²) in [5.41, 5.74) is 9.67. The average Bonchev–Trinajstić information content (AvgIpc) is 2.67. The van der Waals surface area contributed by atoms with Gasteiger partial charge in [0.1, 0.15) is 5.75 Å². The molecule has 2 aliphatic heterocycles. The standard InChI is InChI=1S/C18H24ClN5O4/c1-11-16(22-23-18(26)21-11)13-3-2-12(4-5-24-6-8-27-9-7-24)15(19)17(13)28-10-14(20)25/h2-3,11H,4-10H2,1H3,(H2,20,25)(H2,21,23,26). The number of benzene rings is 1. The van der Waals surface area contributed by atoms with E-state index in [1.165, 1.54) is 0 Å². The van der Waals surface area contributed by atoms with Crippen molar-refractivity contribution in [1.82, 2.24) is 15.6 Å². The molecule has 28 heavy (non-hydrogen) atoms. The minimum Gasteiger partial charge on any atom is -0.482 e. The number of carbonyl (C=O) groups excluding carboxylic acids is 2. The van der Waals surface area contributed by atoms with Gasteiger partial charge in [0.25, 0.3) is 5.91 Å². The van der Waals surface area contributed by atoms with Crippen molar-refractivity contribution in [3.05, 3.63) is 28.3 Å². The van der Waals surface area contributed by atoms with Crippen LogP contribution in [-0.4, -0.2) is 68.0 Å². The lowest BCUT2D eigenvalue weighted by Gasteiger charge is -2.27. The molecule has 4 N–H and O–H groups in total. The SMILES string of the molecule is CC1NC(=O)NN=C1c1ccc(CCN2CCOCC2)c(Cl)c1OCC(N)=O. The Balaban J connectivity index is 1.86. The summed E-state index contributed by atoms with van der Waals surface area (Å²) in [5.74, 6) is -0.269. The highest BCUT2D eigenvalue weighted by molar-refractivity contribution is 6.33. The number of morpholine rings is 1. The second-order valence-electron chi connectivity index (χ2n) is 6.68. The zero-order chi connectivity index (χ0) is 20.1. The minimum absolute atomic E-state index is 0.304. The third-order valence-corrected chi connectivity index (χ3v) is 5.06. The fraction of sp³-hybridized carbons (Fsp3) is 0.500. The molecule has 1 aromatic rings. The normalized spacial score (nSPS) is 20.1. The van der Waals surface area contributed by atoms with Crippen molar-refractivity contribution in [3.63, 3.8) is 0 Å². The number of halogens is 1. The number of primary amides is 1. The van der Waals surface area contributed by atoms with E-state index in [0.717, 1.165) is 44.8 Å². The van der Waals surface area contributed by atoms with Crippen LogP contribution < -0.4 is 21.2 Å². The number of nitrogens with one attached hydrogen (secondary N) is 2. The van der Waals surface area contributed by atoms with Crippen molar-refractivity contribution in [2.75, 3.05) is 39.5 Å². The molecule has 1 aromatic carbocycles. The van der Waals surface area contributed by atoms with Crippen LogP contribution in [0.25, 0.3) is 0 Å². The topological polar surface area (TPSA) is 118 Å². The van der Waals surface area contributed by atoms with Crippen LogP contribution >= 0.6 is 11.6 Å². The Labute approximate surface area is 168 Å². The maximum absolute atomic E-state index is 11.4. The number of amides is 3. The highest BCUT2D eigenvalue weighted by Gasteiger charge is 2.26. The van der Waals surface area contributed by atoms with Gasteiger partial charge in [0.15, 0.2) is 6.61 Å². The van der Waals surface area contributed by atoms with E-state index in [-0.39, 0.29) is 18.7 Å². The first kappa shape index (κ1) is 20.4. The van der Waals surface area contributed by atoms with Gasteiger partial charge in [0.05, 0.1) is 30.0 Å². The molecule has 9 nitrogen and oxygen atoms in total. The van der Waals surface area contributed by atoms with E-state index >= 15 is 0 Å². The Kier molecular flexibility index (Phi) is 6.71. The van der Waals surface area contributed by atoms with Crippen LogP contribution in [-0.2, 0) is 16.0 Å². The van der Waals surface area contributed by atoms with Gasteiger partial charge in [-0.3, -0.25) is 9.69 Å². The monoisotopic (exact) mass is 409 g/mol. The summed E-state index contributed by atoms with van der Waals surface area (Å²) in [4.78, 5) is 25.0. The molecule has 1 saturated heterocycles. The van der Waals surface area contributed by atoms with Crippen molar-refractivity contribution >= 4 is 29.3 Å². The molecule has 1 atom stereocenters. The van der Waals surface area contributed by atoms with E-state index in [9.17, 15) is 9.59 Å². The molecule has 0 radical (unpaired) electrons. The Hall–Kier alpha value is -2.36. The molecular weight excluding hydrogens is 386 g/mol. The first-order valence-corrected chi connectivity index (χ1v) is 9.50. The number of urea groups is 1. The number of nitrogens with two attached hydrogens (primary N) is 1. The smallest absolute Gasteiger partial charge is 0.335 e. The maximum atomic E-state index is 11.4. The number of rotatable bonds is 7. The predicted octanol–water partition coefficient (Wildman–Crippen LogP) is 0.484. The summed E-state index contributed by atoms with van der Waals surface area (Å²) in [5, 5.41) is 7.27. The average molecular weight is 410 g/mol. The Morgan fingerprint density at radius 2 is 2.18 bits per heavy atom. The first-order valence-electron chi connectivity index (χ1n) is 9.12. The fourth-order valence-corrected chi connectivity index (χ4v) is 3.49. The van der Waals surface area contributed by atoms with Gasteiger partial charge >= 0.3 is 6.03 Å². The summed E-state index contributed by atoms with van der Waals surface area (Å²) in [6.07, 6.45) is 0.725. The number of hydrogen-bond donors (Lipinski definition) is 3. The summed E-state index contributed by atoms with van der Waals surface area (Å²) in [6.45, 7) is 5.58. The van der Waals surface area contributed by atoms with Gasteiger partial charge in [-0.1, -0.05) is 17.7 Å². The van der Waals surface area contributed by atoms with Gasteiger partial charge < -0.3 is 20.5 Å². The van der Waals surface area contributed by atoms with Crippen molar-refractivity contribution in [2.45, 2.75) is 19.4 Å². The molecule has 1 fully saturated rings. The Morgan fingerprint density at radius 3 is 2.86 bits per heavy atom. The van der Waals surface area contributed by atoms with Gasteiger partial charge in [-0.05, 0) is 25.0 Å². The third-order valence-electron chi connectivity index (χ3n) is 4.65. The molecule has 3 amide bonds. The van der Waals surface area contributed by atoms with Crippen LogP contribution in [0.2, 0.25) is 5.02 Å². The molecule has 10 heteroatoms. The van der Waals surface area contributed by atoms with Crippen molar-refractivity contribution < 1.29 is 19.1 Å². The van der Waals surface area contributed by atoms with E-state index in [1.807, 2.05) is 12.1 Å². The number of carbonyl (C=O) groups is 2. The van der Waals surface area contributed by atoms with Gasteiger partial charge in [-0.15, -0.1) is 0 Å². The summed E-state index contributed by atoms with van der Waals surface area (Å²) < 4.78 is 11.0. The zero-order valence-corrected chi connectivity index (χ0v) is 16.4. The quantitative estimate of drug-likeness (QED) is 0.605. The van der Waals surface area contributed by atoms with E-state index in [0.29, 0.717) is 22.0 Å². The fourth-order valence-electron chi connectivity index (χ4n) is 3.18. The summed E-state index contributed by atoms with van der Waals surface area (Å²) in [7, 11) is 0. The van der Waals surface area contributed by atoms with Crippen LogP contribution in [0.1, 0.15) is 18.1 Å². The van der Waals surface area contributed by atoms with E-state index < -0.39 is 5.91 Å². The highest BCUT2D eigenvalue weighted by atomic mass is 35.5. The molecule has 0 bridgehead atoms. The minimum atomic E-state index is -0.606. The van der Waals surface area contributed by atoms with Crippen molar-refractivity contribution in [1.29, 1.82) is 0 Å². The largest absolute Gasteiger partial charge is 0.482 e. The van der Waals surface area contributed by atoms with Gasteiger partial charge in [0, 0.05) is 25.2 Å². The molecule has 1 unspecified atom stereocenters. The van der Waals surface area contributed by atoms with Crippen LogP contribution in [0.3, 0.4) is 0 Å². The molecule has 152 valence electrons. The highest BCUT2D eigenvalue weighted by Crippen LogP contribution is 2.34. The van der Waals surface area contributed by atoms with Crippen LogP contribution in [0, 0.1) is 0 Å². The molecule has 0 spiro atoms. The lowest BCUT2D eigenvalue weighted by atomic mass is 9.99. The second kappa shape index (κ2) is 9.22.